The second-order valence-corrected chi connectivity index (χ2v) is 7.78. The molecule has 2 aromatic rings. The molecule has 1 aromatic carbocycles. The van der Waals surface area contributed by atoms with Crippen molar-refractivity contribution < 1.29 is 0 Å². The number of hydrogen-bond donors (Lipinski definition) is 0. The van der Waals surface area contributed by atoms with E-state index in [0.29, 0.717) is 0 Å². The average molecular weight is 378 g/mol. The monoisotopic (exact) mass is 377 g/mol. The Labute approximate surface area is 168 Å². The maximum Gasteiger partial charge on any atom is 0.134 e. The largest absolute Gasteiger partial charge is 0.356 e. The molecule has 5 nitrogen and oxygen atoms in total. The Kier molecular flexibility index (Phi) is 6.22. The fourth-order valence-electron chi connectivity index (χ4n) is 4.05. The highest BCUT2D eigenvalue weighted by Gasteiger charge is 2.20. The van der Waals surface area contributed by atoms with Gasteiger partial charge >= 0.3 is 0 Å². The molecule has 2 fully saturated rings. The van der Waals surface area contributed by atoms with Crippen molar-refractivity contribution in [1.29, 1.82) is 0 Å². The smallest absolute Gasteiger partial charge is 0.134 e. The van der Waals surface area contributed by atoms with Crippen LogP contribution in [0.4, 0.5) is 11.6 Å². The van der Waals surface area contributed by atoms with Crippen LogP contribution in [0.3, 0.4) is 0 Å². The van der Waals surface area contributed by atoms with E-state index in [2.05, 4.69) is 63.2 Å². The number of benzene rings is 1. The van der Waals surface area contributed by atoms with E-state index in [0.717, 1.165) is 63.3 Å². The maximum absolute atomic E-state index is 4.73. The molecule has 0 unspecified atom stereocenters. The quantitative estimate of drug-likeness (QED) is 0.795. The van der Waals surface area contributed by atoms with Gasteiger partial charge in [0.15, 0.2) is 0 Å². The summed E-state index contributed by atoms with van der Waals surface area (Å²) in [6, 6.07) is 12.7. The Morgan fingerprint density at radius 2 is 1.46 bits per heavy atom. The zero-order valence-electron chi connectivity index (χ0n) is 16.9. The number of aryl methyl sites for hydroxylation is 1. The summed E-state index contributed by atoms with van der Waals surface area (Å²) < 4.78 is 0. The lowest BCUT2D eigenvalue weighted by atomic mass is 10.1. The van der Waals surface area contributed by atoms with Gasteiger partial charge in [-0.2, -0.15) is 0 Å². The van der Waals surface area contributed by atoms with Crippen molar-refractivity contribution in [2.45, 2.75) is 26.2 Å². The molecule has 0 radical (unpaired) electrons. The molecule has 0 bridgehead atoms. The molecular weight excluding hydrogens is 346 g/mol. The van der Waals surface area contributed by atoms with E-state index in [4.69, 9.17) is 9.97 Å². The molecular formula is C23H31N5. The molecule has 148 valence electrons. The lowest BCUT2D eigenvalue weighted by molar-refractivity contribution is 0.283. The van der Waals surface area contributed by atoms with Gasteiger partial charge in [0.2, 0.25) is 0 Å². The highest BCUT2D eigenvalue weighted by molar-refractivity contribution is 5.52. The molecule has 0 atom stereocenters. The number of nitrogens with zero attached hydrogens (tertiary/aromatic N) is 5. The van der Waals surface area contributed by atoms with E-state index in [1.165, 1.54) is 24.8 Å². The van der Waals surface area contributed by atoms with Crippen molar-refractivity contribution in [2.24, 2.45) is 0 Å². The topological polar surface area (TPSA) is 35.5 Å². The van der Waals surface area contributed by atoms with Crippen LogP contribution in [0, 0.1) is 6.92 Å². The fraction of sp³-hybridized carbons (Fsp3) is 0.478. The molecule has 3 heterocycles. The van der Waals surface area contributed by atoms with Gasteiger partial charge in [0.25, 0.3) is 0 Å². The van der Waals surface area contributed by atoms with Crippen LogP contribution in [-0.2, 0) is 0 Å². The Balaban J connectivity index is 1.33. The second kappa shape index (κ2) is 9.20. The van der Waals surface area contributed by atoms with Gasteiger partial charge in [0.05, 0.1) is 0 Å². The summed E-state index contributed by atoms with van der Waals surface area (Å²) in [6.45, 7) is 9.45. The van der Waals surface area contributed by atoms with E-state index in [1.807, 2.05) is 6.92 Å². The zero-order chi connectivity index (χ0) is 19.2. The summed E-state index contributed by atoms with van der Waals surface area (Å²) >= 11 is 0. The van der Waals surface area contributed by atoms with Gasteiger partial charge < -0.3 is 9.80 Å². The molecule has 2 aliphatic heterocycles. The summed E-state index contributed by atoms with van der Waals surface area (Å²) in [5.41, 5.74) is 1.27. The number of rotatable bonds is 5. The van der Waals surface area contributed by atoms with E-state index >= 15 is 0 Å². The zero-order valence-corrected chi connectivity index (χ0v) is 16.9. The molecule has 4 rings (SSSR count). The van der Waals surface area contributed by atoms with Crippen molar-refractivity contribution in [2.75, 3.05) is 55.6 Å². The standard InChI is InChI=1S/C23H31N5/c1-20-24-22(27-13-6-3-7-14-27)19-23(25-20)28-17-15-26(16-18-28)12-8-11-21-9-4-2-5-10-21/h2,4-5,8-11,19H,3,6-7,12-18H2,1H3/b11-8+. The summed E-state index contributed by atoms with van der Waals surface area (Å²) in [5, 5.41) is 0. The number of anilines is 2. The first-order chi connectivity index (χ1) is 13.8. The van der Waals surface area contributed by atoms with Crippen LogP contribution in [-0.4, -0.2) is 60.7 Å². The van der Waals surface area contributed by atoms with Crippen molar-refractivity contribution in [3.05, 3.63) is 53.9 Å². The van der Waals surface area contributed by atoms with Gasteiger partial charge in [0.1, 0.15) is 17.5 Å². The van der Waals surface area contributed by atoms with Crippen LogP contribution in [0.15, 0.2) is 42.5 Å². The van der Waals surface area contributed by atoms with Crippen LogP contribution < -0.4 is 9.80 Å². The Morgan fingerprint density at radius 3 is 2.14 bits per heavy atom. The number of aromatic nitrogens is 2. The van der Waals surface area contributed by atoms with Crippen LogP contribution in [0.1, 0.15) is 30.7 Å². The number of hydrogen-bond acceptors (Lipinski definition) is 5. The minimum Gasteiger partial charge on any atom is -0.356 e. The van der Waals surface area contributed by atoms with Crippen molar-refractivity contribution in [1.82, 2.24) is 14.9 Å². The maximum atomic E-state index is 4.73. The van der Waals surface area contributed by atoms with Crippen molar-refractivity contribution in [3.8, 4) is 0 Å². The molecule has 0 saturated carbocycles. The van der Waals surface area contributed by atoms with Crippen LogP contribution >= 0.6 is 0 Å². The third-order valence-electron chi connectivity index (χ3n) is 5.66. The van der Waals surface area contributed by atoms with E-state index < -0.39 is 0 Å². The second-order valence-electron chi connectivity index (χ2n) is 7.78. The molecule has 0 amide bonds. The summed E-state index contributed by atoms with van der Waals surface area (Å²) in [7, 11) is 0. The Morgan fingerprint density at radius 1 is 0.821 bits per heavy atom. The molecule has 0 N–H and O–H groups in total. The fourth-order valence-corrected chi connectivity index (χ4v) is 4.05. The average Bonchev–Trinajstić information content (AvgIpc) is 2.75. The minimum absolute atomic E-state index is 0.881. The predicted molar refractivity (Wildman–Crippen MR) is 117 cm³/mol. The molecule has 2 saturated heterocycles. The van der Waals surface area contributed by atoms with Gasteiger partial charge in [-0.1, -0.05) is 42.5 Å². The van der Waals surface area contributed by atoms with Gasteiger partial charge in [-0.3, -0.25) is 4.90 Å². The third kappa shape index (κ3) is 4.90. The molecule has 1 aromatic heterocycles. The predicted octanol–water partition coefficient (Wildman–Crippen LogP) is 3.61. The summed E-state index contributed by atoms with van der Waals surface area (Å²) in [4.78, 5) is 16.8. The molecule has 0 aliphatic carbocycles. The molecule has 0 spiro atoms. The number of piperazine rings is 1. The third-order valence-corrected chi connectivity index (χ3v) is 5.66. The van der Waals surface area contributed by atoms with Crippen LogP contribution in [0.2, 0.25) is 0 Å². The highest BCUT2D eigenvalue weighted by atomic mass is 15.3. The molecule has 28 heavy (non-hydrogen) atoms. The first kappa shape index (κ1) is 18.9. The first-order valence-corrected chi connectivity index (χ1v) is 10.6. The number of piperidine rings is 1. The Hall–Kier alpha value is -2.40. The molecule has 5 heteroatoms. The van der Waals surface area contributed by atoms with E-state index in [9.17, 15) is 0 Å². The highest BCUT2D eigenvalue weighted by Crippen LogP contribution is 2.23. The molecule has 2 aliphatic rings. The Bertz CT molecular complexity index is 775. The first-order valence-electron chi connectivity index (χ1n) is 10.6. The van der Waals surface area contributed by atoms with E-state index in [-0.39, 0.29) is 0 Å². The lowest BCUT2D eigenvalue weighted by Crippen LogP contribution is -2.46. The van der Waals surface area contributed by atoms with Crippen molar-refractivity contribution >= 4 is 17.7 Å². The van der Waals surface area contributed by atoms with Gasteiger partial charge in [-0.05, 0) is 31.7 Å². The minimum atomic E-state index is 0.881. The van der Waals surface area contributed by atoms with Gasteiger partial charge in [-0.25, -0.2) is 9.97 Å². The van der Waals surface area contributed by atoms with Crippen molar-refractivity contribution in [3.63, 3.8) is 0 Å². The van der Waals surface area contributed by atoms with Gasteiger partial charge in [-0.15, -0.1) is 0 Å². The van der Waals surface area contributed by atoms with E-state index in [1.54, 1.807) is 0 Å². The van der Waals surface area contributed by atoms with Crippen LogP contribution in [0.25, 0.3) is 6.08 Å². The summed E-state index contributed by atoms with van der Waals surface area (Å²) in [6.07, 6.45) is 8.37. The SMILES string of the molecule is Cc1nc(N2CCCCC2)cc(N2CCN(C/C=C/c3ccccc3)CC2)n1. The van der Waals surface area contributed by atoms with Gasteiger partial charge in [0, 0.05) is 51.9 Å². The lowest BCUT2D eigenvalue weighted by Gasteiger charge is -2.35. The normalized spacial score (nSPS) is 18.8. The van der Waals surface area contributed by atoms with Crippen LogP contribution in [0.5, 0.6) is 0 Å². The summed E-state index contributed by atoms with van der Waals surface area (Å²) in [5.74, 6) is 3.08.